The van der Waals surface area contributed by atoms with E-state index in [0.717, 1.165) is 0 Å². The van der Waals surface area contributed by atoms with Gasteiger partial charge in [0, 0.05) is 10.0 Å². The van der Waals surface area contributed by atoms with Gasteiger partial charge in [-0.25, -0.2) is 0 Å². The minimum Gasteiger partial charge on any atom is -0.871 e. The van der Waals surface area contributed by atoms with E-state index in [0.29, 0.717) is 5.02 Å². The fourth-order valence-electron chi connectivity index (χ4n) is 0.477. The zero-order valence-corrected chi connectivity index (χ0v) is 5.91. The fraction of sp³-hybridized carbons (Fsp3) is 0. The maximum atomic E-state index is 10.6. The molecule has 0 radical (unpaired) electrons. The molecule has 0 heterocycles. The Morgan fingerprint density at radius 1 is 1.22 bits per heavy atom. The molecule has 0 aliphatic carbocycles. The second-order valence-electron chi connectivity index (χ2n) is 1.57. The maximum Gasteiger partial charge on any atom is 0.0400 e. The largest absolute Gasteiger partial charge is 0.871 e. The molecule has 0 bridgehead atoms. The smallest absolute Gasteiger partial charge is 0.0400 e. The van der Waals surface area contributed by atoms with E-state index in [9.17, 15) is 5.11 Å². The molecule has 0 aliphatic rings. The van der Waals surface area contributed by atoms with E-state index < -0.39 is 0 Å². The third-order valence-electron chi connectivity index (χ3n) is 0.893. The first kappa shape index (κ1) is 6.72. The molecule has 3 heteroatoms. The van der Waals surface area contributed by atoms with E-state index in [4.69, 9.17) is 23.2 Å². The van der Waals surface area contributed by atoms with Gasteiger partial charge in [0.15, 0.2) is 0 Å². The Bertz CT molecular complexity index is 222. The zero-order valence-electron chi connectivity index (χ0n) is 4.40. The molecule has 0 aromatic heterocycles. The molecule has 0 fully saturated rings. The van der Waals surface area contributed by atoms with Crippen LogP contribution in [0.15, 0.2) is 18.2 Å². The van der Waals surface area contributed by atoms with Crippen molar-refractivity contribution in [3.8, 4) is 5.75 Å². The predicted molar refractivity (Wildman–Crippen MR) is 35.9 cm³/mol. The lowest BCUT2D eigenvalue weighted by Gasteiger charge is -2.06. The molecule has 0 amide bonds. The Morgan fingerprint density at radius 3 is 2.33 bits per heavy atom. The second-order valence-corrected chi connectivity index (χ2v) is 2.42. The molecule has 1 rings (SSSR count). The van der Waals surface area contributed by atoms with Gasteiger partial charge >= 0.3 is 0 Å². The molecule has 48 valence electrons. The van der Waals surface area contributed by atoms with E-state index in [-0.39, 0.29) is 10.8 Å². The number of benzene rings is 1. The molecule has 0 unspecified atom stereocenters. The van der Waals surface area contributed by atoms with Crippen molar-refractivity contribution in [3.63, 3.8) is 0 Å². The van der Waals surface area contributed by atoms with Crippen LogP contribution in [-0.2, 0) is 0 Å². The normalized spacial score (nSPS) is 9.56. The van der Waals surface area contributed by atoms with Gasteiger partial charge in [0.2, 0.25) is 0 Å². The summed E-state index contributed by atoms with van der Waals surface area (Å²) in [7, 11) is 0. The topological polar surface area (TPSA) is 23.1 Å². The molecular weight excluding hydrogens is 159 g/mol. The summed E-state index contributed by atoms with van der Waals surface area (Å²) < 4.78 is 0. The molecule has 9 heavy (non-hydrogen) atoms. The Balaban J connectivity index is 3.17. The highest BCUT2D eigenvalue weighted by molar-refractivity contribution is 6.34. The standard InChI is InChI=1S/C6H4Cl2O/c7-4-1-2-5(8)6(9)3-4/h1-3,9H/p-1. The van der Waals surface area contributed by atoms with Gasteiger partial charge in [-0.15, -0.1) is 0 Å². The molecule has 1 nitrogen and oxygen atoms in total. The first-order chi connectivity index (χ1) is 4.20. The van der Waals surface area contributed by atoms with E-state index >= 15 is 0 Å². The minimum absolute atomic E-state index is 0.208. The summed E-state index contributed by atoms with van der Waals surface area (Å²) in [6.45, 7) is 0. The summed E-state index contributed by atoms with van der Waals surface area (Å²) in [5.74, 6) is -0.232. The molecule has 1 aromatic carbocycles. The highest BCUT2D eigenvalue weighted by Crippen LogP contribution is 2.23. The van der Waals surface area contributed by atoms with Crippen LogP contribution < -0.4 is 5.11 Å². The lowest BCUT2D eigenvalue weighted by Crippen LogP contribution is -1.88. The van der Waals surface area contributed by atoms with Crippen molar-refractivity contribution in [2.24, 2.45) is 0 Å². The van der Waals surface area contributed by atoms with Crippen LogP contribution >= 0.6 is 23.2 Å². The van der Waals surface area contributed by atoms with Gasteiger partial charge < -0.3 is 5.11 Å². The molecule has 0 aliphatic heterocycles. The molecular formula is C6H3Cl2O-. The summed E-state index contributed by atoms with van der Waals surface area (Å²) in [6.07, 6.45) is 0. The van der Waals surface area contributed by atoms with Gasteiger partial charge in [0.25, 0.3) is 0 Å². The number of rotatable bonds is 0. The van der Waals surface area contributed by atoms with Crippen molar-refractivity contribution < 1.29 is 5.11 Å². The van der Waals surface area contributed by atoms with Gasteiger partial charge in [-0.2, -0.15) is 0 Å². The predicted octanol–water partition coefficient (Wildman–Crippen LogP) is 2.07. The summed E-state index contributed by atoms with van der Waals surface area (Å²) >= 11 is 10.9. The second kappa shape index (κ2) is 2.46. The van der Waals surface area contributed by atoms with Crippen LogP contribution in [0.4, 0.5) is 0 Å². The minimum atomic E-state index is -0.232. The van der Waals surface area contributed by atoms with Gasteiger partial charge in [-0.1, -0.05) is 29.0 Å². The maximum absolute atomic E-state index is 10.6. The Kier molecular flexibility index (Phi) is 1.84. The molecule has 1 aromatic rings. The summed E-state index contributed by atoms with van der Waals surface area (Å²) in [6, 6.07) is 4.33. The Morgan fingerprint density at radius 2 is 1.89 bits per heavy atom. The van der Waals surface area contributed by atoms with Gasteiger partial charge in [0.05, 0.1) is 0 Å². The number of hydrogen-bond acceptors (Lipinski definition) is 1. The van der Waals surface area contributed by atoms with Gasteiger partial charge in [0.1, 0.15) is 0 Å². The van der Waals surface area contributed by atoms with E-state index in [1.807, 2.05) is 0 Å². The van der Waals surface area contributed by atoms with Crippen molar-refractivity contribution in [3.05, 3.63) is 28.2 Å². The van der Waals surface area contributed by atoms with Crippen molar-refractivity contribution in [1.82, 2.24) is 0 Å². The van der Waals surface area contributed by atoms with Crippen LogP contribution in [0.3, 0.4) is 0 Å². The first-order valence-corrected chi connectivity index (χ1v) is 3.08. The fourth-order valence-corrected chi connectivity index (χ4v) is 0.757. The zero-order chi connectivity index (χ0) is 6.85. The van der Waals surface area contributed by atoms with Crippen molar-refractivity contribution in [2.75, 3.05) is 0 Å². The quantitative estimate of drug-likeness (QED) is 0.572. The average molecular weight is 162 g/mol. The van der Waals surface area contributed by atoms with Crippen LogP contribution in [0.1, 0.15) is 0 Å². The van der Waals surface area contributed by atoms with E-state index in [2.05, 4.69) is 0 Å². The van der Waals surface area contributed by atoms with Crippen LogP contribution in [-0.4, -0.2) is 0 Å². The summed E-state index contributed by atoms with van der Waals surface area (Å²) in [4.78, 5) is 0. The monoisotopic (exact) mass is 161 g/mol. The molecule has 0 atom stereocenters. The molecule has 0 N–H and O–H groups in total. The first-order valence-electron chi connectivity index (χ1n) is 2.32. The van der Waals surface area contributed by atoms with Crippen LogP contribution in [0.5, 0.6) is 5.75 Å². The van der Waals surface area contributed by atoms with Crippen molar-refractivity contribution >= 4 is 23.2 Å². The Labute approximate surface area is 62.8 Å². The van der Waals surface area contributed by atoms with Crippen molar-refractivity contribution in [2.45, 2.75) is 0 Å². The highest BCUT2D eigenvalue weighted by Gasteiger charge is 1.88. The lowest BCUT2D eigenvalue weighted by atomic mass is 10.3. The summed E-state index contributed by atoms with van der Waals surface area (Å²) in [5.41, 5.74) is 0. The Hall–Kier alpha value is -0.400. The van der Waals surface area contributed by atoms with E-state index in [1.165, 1.54) is 12.1 Å². The highest BCUT2D eigenvalue weighted by atomic mass is 35.5. The average Bonchev–Trinajstić information content (AvgIpc) is 1.80. The number of halogens is 2. The van der Waals surface area contributed by atoms with E-state index in [1.54, 1.807) is 6.07 Å². The SMILES string of the molecule is [O-]c1cc(Cl)ccc1Cl. The third kappa shape index (κ3) is 1.50. The molecule has 0 saturated carbocycles. The van der Waals surface area contributed by atoms with Gasteiger partial charge in [-0.3, -0.25) is 0 Å². The molecule has 0 saturated heterocycles. The van der Waals surface area contributed by atoms with Crippen LogP contribution in [0.25, 0.3) is 0 Å². The van der Waals surface area contributed by atoms with Crippen LogP contribution in [0, 0.1) is 0 Å². The number of hydrogen-bond donors (Lipinski definition) is 0. The lowest BCUT2D eigenvalue weighted by molar-refractivity contribution is -0.268. The molecule has 0 spiro atoms. The third-order valence-corrected chi connectivity index (χ3v) is 1.44. The van der Waals surface area contributed by atoms with Gasteiger partial charge in [-0.05, 0) is 18.2 Å². The van der Waals surface area contributed by atoms with Crippen LogP contribution in [0.2, 0.25) is 10.0 Å². The van der Waals surface area contributed by atoms with Crippen molar-refractivity contribution in [1.29, 1.82) is 0 Å². The summed E-state index contributed by atoms with van der Waals surface area (Å²) in [5, 5.41) is 11.3.